The molecule has 0 bridgehead atoms. The van der Waals surface area contributed by atoms with E-state index in [4.69, 9.17) is 18.9 Å². The number of methoxy groups -OCH3 is 1. The Morgan fingerprint density at radius 3 is 2.36 bits per heavy atom. The number of ether oxygens (including phenoxy) is 4. The second-order valence-corrected chi connectivity index (χ2v) is 7.39. The molecule has 11 heteroatoms. The molecule has 0 fully saturated rings. The van der Waals surface area contributed by atoms with E-state index in [9.17, 15) is 14.4 Å². The van der Waals surface area contributed by atoms with E-state index >= 15 is 0 Å². The van der Waals surface area contributed by atoms with E-state index in [2.05, 4.69) is 15.8 Å². The van der Waals surface area contributed by atoms with Crippen LogP contribution in [0.25, 0.3) is 0 Å². The highest BCUT2D eigenvalue weighted by molar-refractivity contribution is 7.18. The number of amides is 2. The fraction of sp³-hybridized carbons (Fsp3) is 0.364. The Morgan fingerprint density at radius 2 is 1.73 bits per heavy atom. The lowest BCUT2D eigenvalue weighted by molar-refractivity contribution is 0.0527. The Kier molecular flexibility index (Phi) is 9.67. The van der Waals surface area contributed by atoms with Crippen molar-refractivity contribution in [1.29, 1.82) is 0 Å². The van der Waals surface area contributed by atoms with Crippen LogP contribution in [-0.2, 0) is 9.47 Å². The summed E-state index contributed by atoms with van der Waals surface area (Å²) in [6, 6.07) is 4.50. The summed E-state index contributed by atoms with van der Waals surface area (Å²) < 4.78 is 20.8. The maximum atomic E-state index is 12.4. The van der Waals surface area contributed by atoms with Gasteiger partial charge < -0.3 is 18.9 Å². The zero-order valence-electron chi connectivity index (χ0n) is 19.1. The lowest BCUT2D eigenvalue weighted by atomic mass is 10.1. The molecular formula is C22H27N3O7S. The first kappa shape index (κ1) is 25.7. The third-order valence-corrected chi connectivity index (χ3v) is 5.37. The molecule has 0 saturated carbocycles. The summed E-state index contributed by atoms with van der Waals surface area (Å²) in [6.07, 6.45) is 1.42. The van der Waals surface area contributed by atoms with Gasteiger partial charge in [-0.3, -0.25) is 5.32 Å². The lowest BCUT2D eigenvalue weighted by Gasteiger charge is -2.09. The molecule has 2 rings (SSSR count). The number of carbonyl (C=O) groups is 3. The van der Waals surface area contributed by atoms with Gasteiger partial charge in [-0.25, -0.2) is 19.8 Å². The van der Waals surface area contributed by atoms with Crippen LogP contribution in [-0.4, -0.2) is 51.1 Å². The first-order valence-electron chi connectivity index (χ1n) is 10.2. The van der Waals surface area contributed by atoms with Crippen molar-refractivity contribution in [2.45, 2.75) is 27.7 Å². The topological polar surface area (TPSA) is 125 Å². The first-order valence-corrected chi connectivity index (χ1v) is 11.1. The van der Waals surface area contributed by atoms with E-state index in [0.717, 1.165) is 11.3 Å². The number of carbonyl (C=O) groups excluding carboxylic acids is 3. The Bertz CT molecular complexity index is 1030. The molecule has 0 aliphatic heterocycles. The average molecular weight is 478 g/mol. The van der Waals surface area contributed by atoms with Crippen LogP contribution >= 0.6 is 11.3 Å². The predicted molar refractivity (Wildman–Crippen MR) is 125 cm³/mol. The van der Waals surface area contributed by atoms with Gasteiger partial charge in [-0.05, 0) is 57.0 Å². The van der Waals surface area contributed by atoms with Crippen LogP contribution in [0.15, 0.2) is 23.3 Å². The Labute approximate surface area is 195 Å². The lowest BCUT2D eigenvalue weighted by Crippen LogP contribution is -2.24. The molecule has 178 valence electrons. The molecule has 2 amide bonds. The van der Waals surface area contributed by atoms with Crippen LogP contribution in [0.5, 0.6) is 11.5 Å². The van der Waals surface area contributed by atoms with Gasteiger partial charge in [-0.2, -0.15) is 5.10 Å². The van der Waals surface area contributed by atoms with Gasteiger partial charge in [-0.15, -0.1) is 11.3 Å². The quantitative estimate of drug-likeness (QED) is 0.301. The third kappa shape index (κ3) is 6.69. The number of thiophene rings is 1. The molecule has 1 aromatic carbocycles. The maximum absolute atomic E-state index is 12.4. The number of nitrogens with one attached hydrogen (secondary N) is 2. The van der Waals surface area contributed by atoms with E-state index in [1.54, 1.807) is 39.0 Å². The summed E-state index contributed by atoms with van der Waals surface area (Å²) in [5.41, 5.74) is 3.46. The summed E-state index contributed by atoms with van der Waals surface area (Å²) in [4.78, 5) is 37.2. The van der Waals surface area contributed by atoms with Gasteiger partial charge in [0, 0.05) is 0 Å². The van der Waals surface area contributed by atoms with Crippen molar-refractivity contribution in [3.8, 4) is 11.5 Å². The minimum atomic E-state index is -0.702. The minimum Gasteiger partial charge on any atom is -0.493 e. The van der Waals surface area contributed by atoms with Crippen LogP contribution in [0.1, 0.15) is 51.9 Å². The Morgan fingerprint density at radius 1 is 1.03 bits per heavy atom. The minimum absolute atomic E-state index is 0.0975. The smallest absolute Gasteiger partial charge is 0.348 e. The fourth-order valence-corrected chi connectivity index (χ4v) is 3.86. The van der Waals surface area contributed by atoms with Crippen molar-refractivity contribution in [2.75, 3.05) is 32.2 Å². The van der Waals surface area contributed by atoms with E-state index in [0.29, 0.717) is 29.2 Å². The van der Waals surface area contributed by atoms with Gasteiger partial charge in [0.25, 0.3) is 0 Å². The molecule has 1 heterocycles. The van der Waals surface area contributed by atoms with E-state index in [1.165, 1.54) is 13.3 Å². The molecule has 0 spiro atoms. The molecule has 10 nitrogen and oxygen atoms in total. The van der Waals surface area contributed by atoms with Crippen molar-refractivity contribution in [3.05, 3.63) is 39.8 Å². The van der Waals surface area contributed by atoms with Crippen molar-refractivity contribution >= 4 is 40.5 Å². The van der Waals surface area contributed by atoms with Crippen molar-refractivity contribution in [2.24, 2.45) is 5.10 Å². The third-order valence-electron chi connectivity index (χ3n) is 4.18. The van der Waals surface area contributed by atoms with Gasteiger partial charge in [0.2, 0.25) is 0 Å². The molecule has 0 aliphatic carbocycles. The number of anilines is 1. The number of hydrazone groups is 1. The second-order valence-electron chi connectivity index (χ2n) is 6.37. The molecule has 0 saturated heterocycles. The van der Waals surface area contributed by atoms with Gasteiger partial charge in [0.1, 0.15) is 9.88 Å². The molecule has 0 aliphatic rings. The van der Waals surface area contributed by atoms with Crippen LogP contribution < -0.4 is 20.2 Å². The largest absolute Gasteiger partial charge is 0.493 e. The van der Waals surface area contributed by atoms with E-state index < -0.39 is 18.0 Å². The van der Waals surface area contributed by atoms with Gasteiger partial charge in [-0.1, -0.05) is 0 Å². The number of urea groups is 1. The van der Waals surface area contributed by atoms with Crippen molar-refractivity contribution in [1.82, 2.24) is 5.43 Å². The fourth-order valence-electron chi connectivity index (χ4n) is 2.78. The Balaban J connectivity index is 2.16. The SMILES string of the molecule is CCOC(=O)c1sc(NC(=O)NN=Cc2ccc(OCC)c(OC)c2)c(C(=O)OCC)c1C. The highest BCUT2D eigenvalue weighted by Crippen LogP contribution is 2.34. The summed E-state index contributed by atoms with van der Waals surface area (Å²) in [6.45, 7) is 7.63. The van der Waals surface area contributed by atoms with Crippen LogP contribution in [0.2, 0.25) is 0 Å². The zero-order chi connectivity index (χ0) is 24.4. The second kappa shape index (κ2) is 12.4. The highest BCUT2D eigenvalue weighted by atomic mass is 32.1. The molecule has 33 heavy (non-hydrogen) atoms. The zero-order valence-corrected chi connectivity index (χ0v) is 20.0. The van der Waals surface area contributed by atoms with E-state index in [1.807, 2.05) is 6.92 Å². The number of rotatable bonds is 10. The van der Waals surface area contributed by atoms with Gasteiger partial charge in [0.15, 0.2) is 11.5 Å². The van der Waals surface area contributed by atoms with Gasteiger partial charge in [0.05, 0.1) is 38.7 Å². The summed E-state index contributed by atoms with van der Waals surface area (Å²) in [7, 11) is 1.53. The van der Waals surface area contributed by atoms with E-state index in [-0.39, 0.29) is 28.7 Å². The molecule has 2 N–H and O–H groups in total. The molecule has 0 atom stereocenters. The molecule has 0 radical (unpaired) electrons. The standard InChI is InChI=1S/C22H27N3O7S/c1-6-30-15-10-9-14(11-16(15)29-5)12-23-25-22(28)24-19-17(20(26)31-7-2)13(4)18(33-19)21(27)32-8-3/h9-12H,6-8H2,1-5H3,(H2,24,25,28). The Hall–Kier alpha value is -3.60. The number of hydrogen-bond acceptors (Lipinski definition) is 9. The predicted octanol–water partition coefficient (Wildman–Crippen LogP) is 3.97. The average Bonchev–Trinajstić information content (AvgIpc) is 3.10. The van der Waals surface area contributed by atoms with Crippen molar-refractivity contribution < 1.29 is 33.3 Å². The summed E-state index contributed by atoms with van der Waals surface area (Å²) >= 11 is 0.928. The first-order chi connectivity index (χ1) is 15.9. The highest BCUT2D eigenvalue weighted by Gasteiger charge is 2.27. The number of benzene rings is 1. The number of hydrogen-bond donors (Lipinski definition) is 2. The van der Waals surface area contributed by atoms with Crippen LogP contribution in [0.4, 0.5) is 9.80 Å². The molecule has 1 aromatic heterocycles. The van der Waals surface area contributed by atoms with Crippen molar-refractivity contribution in [3.63, 3.8) is 0 Å². The molecular weight excluding hydrogens is 450 g/mol. The monoisotopic (exact) mass is 477 g/mol. The summed E-state index contributed by atoms with van der Waals surface area (Å²) in [5.74, 6) is -0.103. The van der Waals surface area contributed by atoms with Crippen LogP contribution in [0.3, 0.4) is 0 Å². The van der Waals surface area contributed by atoms with Gasteiger partial charge >= 0.3 is 18.0 Å². The van der Waals surface area contributed by atoms with Crippen LogP contribution in [0, 0.1) is 6.92 Å². The maximum Gasteiger partial charge on any atom is 0.348 e. The summed E-state index contributed by atoms with van der Waals surface area (Å²) in [5, 5.41) is 6.61. The molecule has 0 unspecified atom stereocenters. The number of nitrogens with zero attached hydrogens (tertiary/aromatic N) is 1. The normalized spacial score (nSPS) is 10.6. The number of esters is 2. The molecule has 2 aromatic rings.